The first-order valence-electron chi connectivity index (χ1n) is 12.5. The SMILES string of the molecule is Cc1c(Cc2c(CN3CCC(CO)CC3)nc3cnc(N4CCOCC4)cn23)cccc1C(F)(F)F. The molecule has 4 heterocycles. The number of aliphatic hydroxyl groups is 1. The van der Waals surface area contributed by atoms with Crippen LogP contribution in [-0.2, 0) is 23.9 Å². The van der Waals surface area contributed by atoms with E-state index < -0.39 is 11.7 Å². The van der Waals surface area contributed by atoms with Crippen LogP contribution in [0.3, 0.4) is 0 Å². The molecule has 0 aliphatic carbocycles. The lowest BCUT2D eigenvalue weighted by atomic mass is 9.96. The first-order valence-corrected chi connectivity index (χ1v) is 12.5. The maximum Gasteiger partial charge on any atom is 0.416 e. The Morgan fingerprint density at radius 3 is 2.56 bits per heavy atom. The van der Waals surface area contributed by atoms with E-state index in [1.165, 1.54) is 6.07 Å². The van der Waals surface area contributed by atoms with Gasteiger partial charge in [-0.25, -0.2) is 9.97 Å². The number of piperidine rings is 1. The maximum absolute atomic E-state index is 13.6. The molecule has 3 aromatic rings. The molecule has 2 aliphatic heterocycles. The van der Waals surface area contributed by atoms with Crippen molar-refractivity contribution in [3.8, 4) is 0 Å². The number of halogens is 3. The van der Waals surface area contributed by atoms with Crippen molar-refractivity contribution < 1.29 is 23.0 Å². The summed E-state index contributed by atoms with van der Waals surface area (Å²) in [7, 11) is 0. The van der Waals surface area contributed by atoms with Gasteiger partial charge in [-0.1, -0.05) is 12.1 Å². The number of anilines is 1. The van der Waals surface area contributed by atoms with Gasteiger partial charge in [-0.15, -0.1) is 0 Å². The molecular weight excluding hydrogens is 471 g/mol. The van der Waals surface area contributed by atoms with Gasteiger partial charge in [0, 0.05) is 32.7 Å². The number of ether oxygens (including phenoxy) is 1. The van der Waals surface area contributed by atoms with Gasteiger partial charge in [0.1, 0.15) is 5.82 Å². The van der Waals surface area contributed by atoms with Crippen molar-refractivity contribution in [1.29, 1.82) is 0 Å². The van der Waals surface area contributed by atoms with Gasteiger partial charge in [-0.3, -0.25) is 9.30 Å². The molecule has 0 bridgehead atoms. The zero-order valence-electron chi connectivity index (χ0n) is 20.5. The molecule has 2 aromatic heterocycles. The molecule has 0 atom stereocenters. The Balaban J connectivity index is 1.52. The van der Waals surface area contributed by atoms with Crippen LogP contribution in [0.25, 0.3) is 5.65 Å². The Labute approximate surface area is 208 Å². The highest BCUT2D eigenvalue weighted by Crippen LogP contribution is 2.34. The fourth-order valence-corrected chi connectivity index (χ4v) is 5.21. The second-order valence-electron chi connectivity index (χ2n) is 9.74. The molecule has 0 radical (unpaired) electrons. The molecule has 1 N–H and O–H groups in total. The minimum absolute atomic E-state index is 0.207. The molecule has 5 rings (SSSR count). The van der Waals surface area contributed by atoms with Crippen molar-refractivity contribution >= 4 is 11.5 Å². The first kappa shape index (κ1) is 25.0. The minimum atomic E-state index is -4.40. The summed E-state index contributed by atoms with van der Waals surface area (Å²) in [5.74, 6) is 1.13. The van der Waals surface area contributed by atoms with Crippen molar-refractivity contribution in [3.63, 3.8) is 0 Å². The summed E-state index contributed by atoms with van der Waals surface area (Å²) < 4.78 is 48.3. The average molecular weight is 504 g/mol. The topological polar surface area (TPSA) is 66.1 Å². The Morgan fingerprint density at radius 2 is 1.86 bits per heavy atom. The Bertz CT molecular complexity index is 1200. The smallest absolute Gasteiger partial charge is 0.396 e. The van der Waals surface area contributed by atoms with E-state index in [0.717, 1.165) is 62.3 Å². The van der Waals surface area contributed by atoms with E-state index in [1.54, 1.807) is 19.2 Å². The van der Waals surface area contributed by atoms with Gasteiger partial charge in [0.25, 0.3) is 0 Å². The van der Waals surface area contributed by atoms with Crippen LogP contribution in [0.1, 0.15) is 40.9 Å². The highest BCUT2D eigenvalue weighted by atomic mass is 19.4. The average Bonchev–Trinajstić information content (AvgIpc) is 3.21. The van der Waals surface area contributed by atoms with Crippen molar-refractivity contribution in [2.24, 2.45) is 5.92 Å². The third-order valence-electron chi connectivity index (χ3n) is 7.46. The number of aromatic nitrogens is 3. The summed E-state index contributed by atoms with van der Waals surface area (Å²) >= 11 is 0. The van der Waals surface area contributed by atoms with Crippen molar-refractivity contribution in [2.75, 3.05) is 50.9 Å². The summed E-state index contributed by atoms with van der Waals surface area (Å²) in [4.78, 5) is 14.0. The normalized spacial score (nSPS) is 18.3. The standard InChI is InChI=1S/C26H32F3N5O2/c1-18-20(3-2-4-21(18)26(27,28)29)13-23-22(15-32-7-5-19(17-35)6-8-32)31-24-14-30-25(16-34(23)24)33-9-11-36-12-10-33/h2-4,14,16,19,35H,5-13,15,17H2,1H3. The number of imidazole rings is 1. The summed E-state index contributed by atoms with van der Waals surface area (Å²) in [5, 5.41) is 9.48. The molecule has 0 saturated carbocycles. The molecule has 10 heteroatoms. The molecule has 194 valence electrons. The molecule has 1 aromatic carbocycles. The number of nitrogens with zero attached hydrogens (tertiary/aromatic N) is 5. The molecule has 0 spiro atoms. The maximum atomic E-state index is 13.6. The summed E-state index contributed by atoms with van der Waals surface area (Å²) in [5.41, 5.74) is 2.71. The van der Waals surface area contributed by atoms with E-state index in [2.05, 4.69) is 14.8 Å². The van der Waals surface area contributed by atoms with Crippen molar-refractivity contribution in [2.45, 2.75) is 38.9 Å². The highest BCUT2D eigenvalue weighted by Gasteiger charge is 2.33. The minimum Gasteiger partial charge on any atom is -0.396 e. The van der Waals surface area contributed by atoms with Gasteiger partial charge in [0.15, 0.2) is 5.65 Å². The number of alkyl halides is 3. The predicted octanol–water partition coefficient (Wildman–Crippen LogP) is 3.69. The van der Waals surface area contributed by atoms with Crippen LogP contribution < -0.4 is 4.90 Å². The quantitative estimate of drug-likeness (QED) is 0.554. The summed E-state index contributed by atoms with van der Waals surface area (Å²) in [6, 6.07) is 4.39. The number of benzene rings is 1. The first-order chi connectivity index (χ1) is 17.3. The van der Waals surface area contributed by atoms with Crippen LogP contribution in [0.4, 0.5) is 19.0 Å². The number of aliphatic hydroxyl groups excluding tert-OH is 1. The number of hydrogen-bond donors (Lipinski definition) is 1. The third-order valence-corrected chi connectivity index (χ3v) is 7.46. The summed E-state index contributed by atoms with van der Waals surface area (Å²) in [6.07, 6.45) is 1.49. The highest BCUT2D eigenvalue weighted by molar-refractivity contribution is 5.49. The van der Waals surface area contributed by atoms with E-state index in [4.69, 9.17) is 9.72 Å². The Morgan fingerprint density at radius 1 is 1.11 bits per heavy atom. The lowest BCUT2D eigenvalue weighted by Crippen LogP contribution is -2.36. The zero-order valence-corrected chi connectivity index (χ0v) is 20.5. The Kier molecular flexibility index (Phi) is 7.18. The number of rotatable bonds is 6. The zero-order chi connectivity index (χ0) is 25.3. The van der Waals surface area contributed by atoms with Crippen molar-refractivity contribution in [1.82, 2.24) is 19.3 Å². The van der Waals surface area contributed by atoms with Crippen LogP contribution in [0.5, 0.6) is 0 Å². The van der Waals surface area contributed by atoms with Crippen LogP contribution >= 0.6 is 0 Å². The van der Waals surface area contributed by atoms with Gasteiger partial charge < -0.3 is 14.7 Å². The van der Waals surface area contributed by atoms with E-state index in [1.807, 2.05) is 10.6 Å². The van der Waals surface area contributed by atoms with E-state index in [0.29, 0.717) is 43.3 Å². The lowest BCUT2D eigenvalue weighted by Gasteiger charge is -2.30. The number of hydrogen-bond acceptors (Lipinski definition) is 6. The van der Waals surface area contributed by atoms with Crippen LogP contribution in [0.2, 0.25) is 0 Å². The Hall–Kier alpha value is -2.69. The third kappa shape index (κ3) is 5.21. The molecule has 0 unspecified atom stereocenters. The van der Waals surface area contributed by atoms with Crippen LogP contribution in [0.15, 0.2) is 30.6 Å². The largest absolute Gasteiger partial charge is 0.416 e. The van der Waals surface area contributed by atoms with Gasteiger partial charge in [-0.05, 0) is 56.0 Å². The van der Waals surface area contributed by atoms with Gasteiger partial charge >= 0.3 is 6.18 Å². The number of likely N-dealkylation sites (tertiary alicyclic amines) is 1. The molecule has 2 aliphatic rings. The molecule has 7 nitrogen and oxygen atoms in total. The fraction of sp³-hybridized carbons (Fsp3) is 0.538. The molecule has 2 saturated heterocycles. The molecular formula is C26H32F3N5O2. The second kappa shape index (κ2) is 10.4. The lowest BCUT2D eigenvalue weighted by molar-refractivity contribution is -0.138. The van der Waals surface area contributed by atoms with E-state index in [9.17, 15) is 18.3 Å². The number of morpholine rings is 1. The second-order valence-corrected chi connectivity index (χ2v) is 9.74. The fourth-order valence-electron chi connectivity index (χ4n) is 5.21. The van der Waals surface area contributed by atoms with Crippen LogP contribution in [0, 0.1) is 12.8 Å². The molecule has 0 amide bonds. The van der Waals surface area contributed by atoms with Crippen LogP contribution in [-0.4, -0.2) is 70.4 Å². The number of fused-ring (bicyclic) bond motifs is 1. The van der Waals surface area contributed by atoms with E-state index in [-0.39, 0.29) is 12.2 Å². The van der Waals surface area contributed by atoms with Crippen molar-refractivity contribution in [3.05, 3.63) is 58.7 Å². The summed E-state index contributed by atoms with van der Waals surface area (Å²) in [6.45, 7) is 6.82. The van der Waals surface area contributed by atoms with Gasteiger partial charge in [0.2, 0.25) is 0 Å². The molecule has 36 heavy (non-hydrogen) atoms. The van der Waals surface area contributed by atoms with Gasteiger partial charge in [0.05, 0.1) is 42.6 Å². The van der Waals surface area contributed by atoms with Gasteiger partial charge in [-0.2, -0.15) is 13.2 Å². The molecule has 2 fully saturated rings. The monoisotopic (exact) mass is 503 g/mol. The van der Waals surface area contributed by atoms with E-state index >= 15 is 0 Å². The predicted molar refractivity (Wildman–Crippen MR) is 130 cm³/mol.